The number of hydrogen-bond acceptors (Lipinski definition) is 0. The van der Waals surface area contributed by atoms with Gasteiger partial charge in [0.1, 0.15) is 5.82 Å². The third kappa shape index (κ3) is 4.12. The highest BCUT2D eigenvalue weighted by atomic mass is 79.9. The Labute approximate surface area is 104 Å². The molecule has 1 rings (SSSR count). The molecular formula is C12H15BrClF. The first kappa shape index (κ1) is 13.0. The van der Waals surface area contributed by atoms with Crippen LogP contribution < -0.4 is 0 Å². The highest BCUT2D eigenvalue weighted by molar-refractivity contribution is 9.10. The average Bonchev–Trinajstić information content (AvgIpc) is 2.21. The van der Waals surface area contributed by atoms with Gasteiger partial charge < -0.3 is 0 Å². The first-order valence-corrected chi connectivity index (χ1v) is 6.45. The molecule has 3 heteroatoms. The van der Waals surface area contributed by atoms with Crippen molar-refractivity contribution in [3.05, 3.63) is 34.1 Å². The van der Waals surface area contributed by atoms with Crippen molar-refractivity contribution in [3.63, 3.8) is 0 Å². The summed E-state index contributed by atoms with van der Waals surface area (Å²) in [6.45, 7) is 2.12. The van der Waals surface area contributed by atoms with Crippen molar-refractivity contribution in [2.45, 2.75) is 38.0 Å². The quantitative estimate of drug-likeness (QED) is 0.675. The molecule has 0 aliphatic carbocycles. The second kappa shape index (κ2) is 6.49. The summed E-state index contributed by atoms with van der Waals surface area (Å²) in [6.07, 6.45) is 3.84. The Morgan fingerprint density at radius 1 is 1.40 bits per heavy atom. The first-order chi connectivity index (χ1) is 7.15. The van der Waals surface area contributed by atoms with Crippen LogP contribution in [0.15, 0.2) is 22.7 Å². The van der Waals surface area contributed by atoms with E-state index in [2.05, 4.69) is 22.9 Å². The SMILES string of the molecule is CCCC(Cl)CCc1cccc(F)c1Br. The van der Waals surface area contributed by atoms with Crippen LogP contribution in [0.3, 0.4) is 0 Å². The molecule has 0 aliphatic rings. The molecule has 0 aliphatic heterocycles. The minimum absolute atomic E-state index is 0.199. The van der Waals surface area contributed by atoms with Crippen LogP contribution >= 0.6 is 27.5 Å². The van der Waals surface area contributed by atoms with E-state index in [0.29, 0.717) is 4.47 Å². The van der Waals surface area contributed by atoms with Gasteiger partial charge in [-0.1, -0.05) is 25.5 Å². The normalized spacial score (nSPS) is 12.8. The van der Waals surface area contributed by atoms with Gasteiger partial charge in [0.2, 0.25) is 0 Å². The first-order valence-electron chi connectivity index (χ1n) is 5.22. The summed E-state index contributed by atoms with van der Waals surface area (Å²) >= 11 is 9.37. The molecule has 0 nitrogen and oxygen atoms in total. The van der Waals surface area contributed by atoms with E-state index in [1.54, 1.807) is 6.07 Å². The Morgan fingerprint density at radius 2 is 2.13 bits per heavy atom. The predicted octanol–water partition coefficient (Wildman–Crippen LogP) is 4.93. The Balaban J connectivity index is 2.54. The topological polar surface area (TPSA) is 0 Å². The molecule has 0 fully saturated rings. The Kier molecular flexibility index (Phi) is 5.62. The van der Waals surface area contributed by atoms with Crippen LogP contribution in [0.5, 0.6) is 0 Å². The van der Waals surface area contributed by atoms with Crippen LogP contribution in [0.1, 0.15) is 31.7 Å². The highest BCUT2D eigenvalue weighted by Gasteiger charge is 2.08. The fourth-order valence-corrected chi connectivity index (χ4v) is 2.30. The van der Waals surface area contributed by atoms with Gasteiger partial charge in [0.05, 0.1) is 4.47 Å². The number of hydrogen-bond donors (Lipinski definition) is 0. The average molecular weight is 294 g/mol. The second-order valence-electron chi connectivity index (χ2n) is 3.64. The van der Waals surface area contributed by atoms with E-state index in [1.807, 2.05) is 6.07 Å². The smallest absolute Gasteiger partial charge is 0.137 e. The van der Waals surface area contributed by atoms with Gasteiger partial charge >= 0.3 is 0 Å². The lowest BCUT2D eigenvalue weighted by atomic mass is 10.1. The van der Waals surface area contributed by atoms with E-state index in [4.69, 9.17) is 11.6 Å². The zero-order valence-corrected chi connectivity index (χ0v) is 11.1. The summed E-state index contributed by atoms with van der Waals surface area (Å²) in [7, 11) is 0. The van der Waals surface area contributed by atoms with Gasteiger partial charge in [0, 0.05) is 5.38 Å². The largest absolute Gasteiger partial charge is 0.206 e. The number of alkyl halides is 1. The van der Waals surface area contributed by atoms with Crippen LogP contribution in [0.4, 0.5) is 4.39 Å². The fraction of sp³-hybridized carbons (Fsp3) is 0.500. The van der Waals surface area contributed by atoms with Gasteiger partial charge in [-0.05, 0) is 46.8 Å². The highest BCUT2D eigenvalue weighted by Crippen LogP contribution is 2.23. The lowest BCUT2D eigenvalue weighted by Gasteiger charge is -2.09. The summed E-state index contributed by atoms with van der Waals surface area (Å²) < 4.78 is 13.7. The molecule has 1 atom stereocenters. The van der Waals surface area contributed by atoms with E-state index >= 15 is 0 Å². The van der Waals surface area contributed by atoms with Crippen molar-refractivity contribution in [2.75, 3.05) is 0 Å². The van der Waals surface area contributed by atoms with Crippen LogP contribution in [-0.2, 0) is 6.42 Å². The number of benzene rings is 1. The third-order valence-electron chi connectivity index (χ3n) is 2.36. The Hall–Kier alpha value is -0.0800. The maximum absolute atomic E-state index is 13.2. The van der Waals surface area contributed by atoms with E-state index in [9.17, 15) is 4.39 Å². The van der Waals surface area contributed by atoms with Crippen molar-refractivity contribution in [3.8, 4) is 0 Å². The lowest BCUT2D eigenvalue weighted by Crippen LogP contribution is -2.01. The molecule has 1 unspecified atom stereocenters. The standard InChI is InChI=1S/C12H15BrClF/c1-2-4-10(14)8-7-9-5-3-6-11(15)12(9)13/h3,5-6,10H,2,4,7-8H2,1H3. The fourth-order valence-electron chi connectivity index (χ4n) is 1.51. The third-order valence-corrected chi connectivity index (χ3v) is 3.68. The monoisotopic (exact) mass is 292 g/mol. The summed E-state index contributed by atoms with van der Waals surface area (Å²) in [5.41, 5.74) is 0.997. The molecule has 15 heavy (non-hydrogen) atoms. The molecular weight excluding hydrogens is 278 g/mol. The minimum atomic E-state index is -0.200. The van der Waals surface area contributed by atoms with Crippen molar-refractivity contribution in [1.82, 2.24) is 0 Å². The summed E-state index contributed by atoms with van der Waals surface area (Å²) in [4.78, 5) is 0. The Morgan fingerprint density at radius 3 is 2.80 bits per heavy atom. The van der Waals surface area contributed by atoms with Gasteiger partial charge in [-0.15, -0.1) is 11.6 Å². The molecule has 0 aromatic heterocycles. The van der Waals surface area contributed by atoms with E-state index < -0.39 is 0 Å². The number of halogens is 3. The molecule has 0 N–H and O–H groups in total. The van der Waals surface area contributed by atoms with Gasteiger partial charge in [-0.3, -0.25) is 0 Å². The van der Waals surface area contributed by atoms with Crippen LogP contribution in [0.2, 0.25) is 0 Å². The van der Waals surface area contributed by atoms with Gasteiger partial charge in [0.25, 0.3) is 0 Å². The predicted molar refractivity (Wildman–Crippen MR) is 67.0 cm³/mol. The maximum Gasteiger partial charge on any atom is 0.137 e. The van der Waals surface area contributed by atoms with Crippen molar-refractivity contribution in [1.29, 1.82) is 0 Å². The zero-order valence-electron chi connectivity index (χ0n) is 8.77. The molecule has 0 radical (unpaired) electrons. The van der Waals surface area contributed by atoms with Gasteiger partial charge in [-0.25, -0.2) is 4.39 Å². The van der Waals surface area contributed by atoms with Gasteiger partial charge in [-0.2, -0.15) is 0 Å². The molecule has 1 aromatic rings. The van der Waals surface area contributed by atoms with E-state index in [-0.39, 0.29) is 11.2 Å². The molecule has 0 saturated carbocycles. The molecule has 0 amide bonds. The van der Waals surface area contributed by atoms with E-state index in [1.165, 1.54) is 6.07 Å². The molecule has 0 bridgehead atoms. The minimum Gasteiger partial charge on any atom is -0.206 e. The van der Waals surface area contributed by atoms with Crippen LogP contribution in [-0.4, -0.2) is 5.38 Å². The summed E-state index contributed by atoms with van der Waals surface area (Å²) in [6, 6.07) is 5.12. The maximum atomic E-state index is 13.2. The van der Waals surface area contributed by atoms with Crippen LogP contribution in [0.25, 0.3) is 0 Å². The molecule has 84 valence electrons. The van der Waals surface area contributed by atoms with Crippen molar-refractivity contribution < 1.29 is 4.39 Å². The van der Waals surface area contributed by atoms with Crippen molar-refractivity contribution in [2.24, 2.45) is 0 Å². The van der Waals surface area contributed by atoms with Crippen LogP contribution in [0, 0.1) is 5.82 Å². The molecule has 0 heterocycles. The zero-order chi connectivity index (χ0) is 11.3. The summed E-state index contributed by atoms with van der Waals surface area (Å²) in [5, 5.41) is 0.199. The van der Waals surface area contributed by atoms with E-state index in [0.717, 1.165) is 31.2 Å². The lowest BCUT2D eigenvalue weighted by molar-refractivity contribution is 0.614. The number of rotatable bonds is 5. The molecule has 1 aromatic carbocycles. The number of aryl methyl sites for hydroxylation is 1. The molecule has 0 saturated heterocycles. The summed E-state index contributed by atoms with van der Waals surface area (Å²) in [5.74, 6) is -0.200. The van der Waals surface area contributed by atoms with Gasteiger partial charge in [0.15, 0.2) is 0 Å². The second-order valence-corrected chi connectivity index (χ2v) is 5.05. The molecule has 0 spiro atoms. The Bertz CT molecular complexity index is 314. The van der Waals surface area contributed by atoms with Crippen molar-refractivity contribution >= 4 is 27.5 Å².